The minimum atomic E-state index is -0.373. The Morgan fingerprint density at radius 2 is 0.817 bits per heavy atom. The van der Waals surface area contributed by atoms with E-state index in [4.69, 9.17) is 0 Å². The predicted molar refractivity (Wildman–Crippen MR) is 253 cm³/mol. The molecular formula is C58H39NS. The second-order valence-electron chi connectivity index (χ2n) is 17.2. The molecule has 0 unspecified atom stereocenters. The van der Waals surface area contributed by atoms with Gasteiger partial charge in [-0.05, 0) is 132 Å². The first-order valence-electron chi connectivity index (χ1n) is 21.0. The number of anilines is 3. The predicted octanol–water partition coefficient (Wildman–Crippen LogP) is 15.8. The molecule has 1 heterocycles. The number of hydrogen-bond acceptors (Lipinski definition) is 2. The summed E-state index contributed by atoms with van der Waals surface area (Å²) in [6.07, 6.45) is 0. The van der Waals surface area contributed by atoms with Crippen molar-refractivity contribution < 1.29 is 0 Å². The topological polar surface area (TPSA) is 3.24 Å². The molecule has 0 saturated heterocycles. The van der Waals surface area contributed by atoms with Gasteiger partial charge in [0.25, 0.3) is 0 Å². The molecule has 0 atom stereocenters. The lowest BCUT2D eigenvalue weighted by atomic mass is 9.70. The Hall–Kier alpha value is -7.00. The molecule has 0 fully saturated rings. The minimum absolute atomic E-state index is 0.117. The highest BCUT2D eigenvalue weighted by Crippen LogP contribution is 2.63. The maximum Gasteiger partial charge on any atom is 0.0725 e. The average Bonchev–Trinajstić information content (AvgIpc) is 3.99. The molecule has 1 nitrogen and oxygen atoms in total. The Morgan fingerprint density at radius 1 is 0.333 bits per heavy atom. The van der Waals surface area contributed by atoms with Crippen molar-refractivity contribution in [2.45, 2.75) is 24.7 Å². The Morgan fingerprint density at radius 3 is 1.52 bits per heavy atom. The van der Waals surface area contributed by atoms with E-state index in [0.717, 1.165) is 17.1 Å². The Bertz CT molecular complexity index is 3370. The zero-order valence-electron chi connectivity index (χ0n) is 33.4. The van der Waals surface area contributed by atoms with Crippen molar-refractivity contribution in [2.24, 2.45) is 0 Å². The van der Waals surface area contributed by atoms with E-state index in [1.807, 2.05) is 11.3 Å². The lowest BCUT2D eigenvalue weighted by molar-refractivity contribution is 0.660. The molecule has 3 aliphatic rings. The molecular weight excluding hydrogens is 743 g/mol. The van der Waals surface area contributed by atoms with Gasteiger partial charge in [-0.1, -0.05) is 159 Å². The van der Waals surface area contributed by atoms with Crippen molar-refractivity contribution in [1.82, 2.24) is 0 Å². The van der Waals surface area contributed by atoms with Gasteiger partial charge in [0.1, 0.15) is 0 Å². The third kappa shape index (κ3) is 4.46. The van der Waals surface area contributed by atoms with Gasteiger partial charge in [-0.15, -0.1) is 11.3 Å². The molecule has 13 rings (SSSR count). The Balaban J connectivity index is 0.998. The number of fused-ring (bicyclic) bond motifs is 16. The van der Waals surface area contributed by atoms with Gasteiger partial charge < -0.3 is 4.90 Å². The van der Waals surface area contributed by atoms with E-state index in [0.29, 0.717) is 0 Å². The summed E-state index contributed by atoms with van der Waals surface area (Å²) < 4.78 is 2.66. The van der Waals surface area contributed by atoms with Crippen LogP contribution in [0.5, 0.6) is 0 Å². The molecule has 3 aliphatic carbocycles. The molecule has 60 heavy (non-hydrogen) atoms. The first kappa shape index (κ1) is 33.9. The van der Waals surface area contributed by atoms with E-state index >= 15 is 0 Å². The lowest BCUT2D eigenvalue weighted by Gasteiger charge is -2.31. The molecule has 0 saturated carbocycles. The lowest BCUT2D eigenvalue weighted by Crippen LogP contribution is -2.25. The summed E-state index contributed by atoms with van der Waals surface area (Å²) in [4.78, 5) is 2.48. The molecule has 0 radical (unpaired) electrons. The molecule has 0 amide bonds. The van der Waals surface area contributed by atoms with Gasteiger partial charge in [-0.3, -0.25) is 0 Å². The maximum absolute atomic E-state index is 2.48. The van der Waals surface area contributed by atoms with E-state index in [-0.39, 0.29) is 10.8 Å². The van der Waals surface area contributed by atoms with Crippen molar-refractivity contribution in [2.75, 3.05) is 4.90 Å². The monoisotopic (exact) mass is 781 g/mol. The van der Waals surface area contributed by atoms with Gasteiger partial charge in [0.05, 0.1) is 5.41 Å². The largest absolute Gasteiger partial charge is 0.310 e. The molecule has 2 heteroatoms. The third-order valence-corrected chi connectivity index (χ3v) is 15.1. The van der Waals surface area contributed by atoms with Crippen molar-refractivity contribution in [3.63, 3.8) is 0 Å². The van der Waals surface area contributed by atoms with Crippen LogP contribution in [-0.2, 0) is 10.8 Å². The van der Waals surface area contributed by atoms with Crippen LogP contribution in [0.3, 0.4) is 0 Å². The second-order valence-corrected chi connectivity index (χ2v) is 18.3. The van der Waals surface area contributed by atoms with Crippen LogP contribution in [0.1, 0.15) is 47.2 Å². The first-order chi connectivity index (χ1) is 29.5. The van der Waals surface area contributed by atoms with Gasteiger partial charge >= 0.3 is 0 Å². The zero-order chi connectivity index (χ0) is 39.7. The van der Waals surface area contributed by atoms with Gasteiger partial charge in [0.15, 0.2) is 0 Å². The summed E-state index contributed by atoms with van der Waals surface area (Å²) in [5.41, 5.74) is 21.5. The van der Waals surface area contributed by atoms with E-state index in [2.05, 4.69) is 219 Å². The van der Waals surface area contributed by atoms with Gasteiger partial charge in [0, 0.05) is 42.6 Å². The standard InChI is InChI=1S/C58H39NS/c1-57(2)49-18-8-3-13-41(49)45-30-28-40(35-54(45)57)59(38-26-23-36(24-27-38)37-25-32-56-48(33-37)46-17-7-12-22-55(46)60-56)39-29-31-53-47(34-39)44-16-6-11-21-52(44)58(53)50-19-9-4-14-42(50)43-15-5-10-20-51(43)58/h3-35H,1-2H3. The van der Waals surface area contributed by atoms with Crippen molar-refractivity contribution >= 4 is 48.6 Å². The highest BCUT2D eigenvalue weighted by Gasteiger charge is 2.51. The molecule has 0 N–H and O–H groups in total. The van der Waals surface area contributed by atoms with Crippen LogP contribution < -0.4 is 4.90 Å². The number of hydrogen-bond donors (Lipinski definition) is 0. The smallest absolute Gasteiger partial charge is 0.0725 e. The fourth-order valence-electron chi connectivity index (χ4n) is 11.2. The van der Waals surface area contributed by atoms with Gasteiger partial charge in [-0.2, -0.15) is 0 Å². The van der Waals surface area contributed by atoms with E-state index in [1.165, 1.54) is 98.1 Å². The molecule has 1 aromatic heterocycles. The molecule has 9 aromatic carbocycles. The summed E-state index contributed by atoms with van der Waals surface area (Å²) in [5.74, 6) is 0. The minimum Gasteiger partial charge on any atom is -0.310 e. The Kier molecular flexibility index (Phi) is 6.94. The van der Waals surface area contributed by atoms with Crippen molar-refractivity contribution in [3.8, 4) is 44.5 Å². The Labute approximate surface area is 354 Å². The number of rotatable bonds is 4. The van der Waals surface area contributed by atoms with Crippen LogP contribution >= 0.6 is 11.3 Å². The van der Waals surface area contributed by atoms with Crippen LogP contribution in [0.4, 0.5) is 17.1 Å². The van der Waals surface area contributed by atoms with Gasteiger partial charge in [0.2, 0.25) is 0 Å². The highest BCUT2D eigenvalue weighted by molar-refractivity contribution is 7.25. The van der Waals surface area contributed by atoms with Crippen LogP contribution in [0.2, 0.25) is 0 Å². The molecule has 10 aromatic rings. The van der Waals surface area contributed by atoms with Crippen LogP contribution in [-0.4, -0.2) is 0 Å². The zero-order valence-corrected chi connectivity index (χ0v) is 34.2. The summed E-state index contributed by atoms with van der Waals surface area (Å²) >= 11 is 1.87. The summed E-state index contributed by atoms with van der Waals surface area (Å²) in [6.45, 7) is 4.74. The number of benzene rings is 9. The van der Waals surface area contributed by atoms with Crippen LogP contribution in [0, 0.1) is 0 Å². The highest BCUT2D eigenvalue weighted by atomic mass is 32.1. The average molecular weight is 782 g/mol. The maximum atomic E-state index is 2.48. The van der Waals surface area contributed by atoms with Gasteiger partial charge in [-0.25, -0.2) is 0 Å². The SMILES string of the molecule is CC1(C)c2ccccc2-c2ccc(N(c3ccc(-c4ccc5sc6ccccc6c5c4)cc3)c3ccc4c(c3)-c3ccccc3C43c4ccccc4-c4ccccc43)cc21. The molecule has 1 spiro atoms. The van der Waals surface area contributed by atoms with E-state index in [9.17, 15) is 0 Å². The molecule has 0 bridgehead atoms. The normalized spacial score (nSPS) is 14.4. The molecule has 0 aliphatic heterocycles. The number of thiophene rings is 1. The summed E-state index contributed by atoms with van der Waals surface area (Å²) in [6, 6.07) is 75.4. The first-order valence-corrected chi connectivity index (χ1v) is 21.8. The van der Waals surface area contributed by atoms with E-state index in [1.54, 1.807) is 0 Å². The van der Waals surface area contributed by atoms with E-state index < -0.39 is 0 Å². The fourth-order valence-corrected chi connectivity index (χ4v) is 12.3. The second kappa shape index (κ2) is 12.3. The fraction of sp³-hybridized carbons (Fsp3) is 0.0690. The third-order valence-electron chi connectivity index (χ3n) is 13.9. The van der Waals surface area contributed by atoms with Crippen LogP contribution in [0.15, 0.2) is 200 Å². The van der Waals surface area contributed by atoms with Crippen molar-refractivity contribution in [1.29, 1.82) is 0 Å². The van der Waals surface area contributed by atoms with Crippen molar-refractivity contribution in [3.05, 3.63) is 234 Å². The quantitative estimate of drug-likeness (QED) is 0.172. The van der Waals surface area contributed by atoms with Crippen LogP contribution in [0.25, 0.3) is 64.7 Å². The number of nitrogens with zero attached hydrogens (tertiary/aromatic N) is 1. The summed E-state index contributed by atoms with van der Waals surface area (Å²) in [5, 5.41) is 2.65. The summed E-state index contributed by atoms with van der Waals surface area (Å²) in [7, 11) is 0. The molecule has 282 valence electrons.